The van der Waals surface area contributed by atoms with Crippen LogP contribution in [0.2, 0.25) is 0 Å². The first kappa shape index (κ1) is 33.4. The Labute approximate surface area is 229 Å². The molecule has 0 aromatic heterocycles. The first-order valence-corrected chi connectivity index (χ1v) is 17.1. The van der Waals surface area contributed by atoms with Crippen LogP contribution in [0.4, 0.5) is 0 Å². The minimum atomic E-state index is -3.61. The number of hydrogen-bond donors (Lipinski definition) is 1. The van der Waals surface area contributed by atoms with Crippen molar-refractivity contribution in [3.8, 4) is 0 Å². The molecule has 2 aliphatic rings. The molecule has 2 rings (SSSR count). The number of rotatable bonds is 19. The Hall–Kier alpha value is 0.150. The number of unbranched alkanes of at least 4 members (excludes halogenated alkanes) is 11. The van der Waals surface area contributed by atoms with Gasteiger partial charge in [-0.3, -0.25) is 0 Å². The van der Waals surface area contributed by atoms with Crippen LogP contribution < -0.4 is 0 Å². The van der Waals surface area contributed by atoms with Gasteiger partial charge in [-0.2, -0.15) is 9.42 Å². The lowest BCUT2D eigenvalue weighted by molar-refractivity contribution is -0.896. The second-order valence-corrected chi connectivity index (χ2v) is 15.1. The lowest BCUT2D eigenvalue weighted by atomic mass is 9.95. The number of ether oxygens (including phenoxy) is 1. The molecule has 0 amide bonds. The van der Waals surface area contributed by atoms with E-state index in [1.54, 1.807) is 0 Å². The first-order chi connectivity index (χ1) is 17.4. The summed E-state index contributed by atoms with van der Waals surface area (Å²) < 4.78 is 12.8. The minimum Gasteiger partial charge on any atom is -0.783 e. The van der Waals surface area contributed by atoms with Crippen molar-refractivity contribution < 1.29 is 23.5 Å². The molecule has 1 N–H and O–H groups in total. The summed E-state index contributed by atoms with van der Waals surface area (Å²) in [6, 6.07) is 0. The summed E-state index contributed by atoms with van der Waals surface area (Å²) in [5.41, 5.74) is -1.32. The molecular formula is C29H59N2O5P+. The van der Waals surface area contributed by atoms with E-state index in [4.69, 9.17) is 9.26 Å². The Morgan fingerprint density at radius 1 is 0.919 bits per heavy atom. The van der Waals surface area contributed by atoms with Crippen LogP contribution >= 0.6 is 7.94 Å². The highest BCUT2D eigenvalue weighted by atomic mass is 31.2. The summed E-state index contributed by atoms with van der Waals surface area (Å²) in [6.45, 7) is 8.53. The summed E-state index contributed by atoms with van der Waals surface area (Å²) in [5, 5.41) is 14.4. The van der Waals surface area contributed by atoms with E-state index in [0.29, 0.717) is 25.9 Å². The van der Waals surface area contributed by atoms with E-state index in [9.17, 15) is 15.0 Å². The van der Waals surface area contributed by atoms with Crippen molar-refractivity contribution >= 4 is 7.94 Å². The Balaban J connectivity index is 1.68. The molecule has 0 aromatic carbocycles. The molecule has 2 atom stereocenters. The smallest absolute Gasteiger partial charge is 0.453 e. The van der Waals surface area contributed by atoms with Gasteiger partial charge < -0.3 is 19.5 Å². The number of hydroxylamine groups is 2. The number of quaternary nitrogens is 1. The fraction of sp³-hybridized carbons (Fsp3) is 1.00. The van der Waals surface area contributed by atoms with Crippen LogP contribution in [0, 0.1) is 5.21 Å². The Morgan fingerprint density at radius 3 is 1.89 bits per heavy atom. The zero-order valence-electron chi connectivity index (χ0n) is 24.8. The van der Waals surface area contributed by atoms with E-state index in [-0.39, 0.29) is 12.3 Å². The van der Waals surface area contributed by atoms with Crippen molar-refractivity contribution in [2.45, 2.75) is 147 Å². The second-order valence-electron chi connectivity index (χ2n) is 13.1. The molecule has 2 aliphatic heterocycles. The molecule has 2 heterocycles. The van der Waals surface area contributed by atoms with Crippen molar-refractivity contribution in [1.82, 2.24) is 5.06 Å². The summed E-state index contributed by atoms with van der Waals surface area (Å²) in [7, 11) is 0.760. The van der Waals surface area contributed by atoms with Gasteiger partial charge in [-0.25, -0.2) is 0 Å². The zero-order chi connectivity index (χ0) is 27.4. The van der Waals surface area contributed by atoms with Crippen molar-refractivity contribution in [1.29, 1.82) is 0 Å². The molecule has 0 bridgehead atoms. The van der Waals surface area contributed by atoms with E-state index in [2.05, 4.69) is 21.0 Å². The maximum absolute atomic E-state index is 13.2. The monoisotopic (exact) mass is 546 g/mol. The van der Waals surface area contributed by atoms with E-state index in [0.717, 1.165) is 49.7 Å². The third-order valence-electron chi connectivity index (χ3n) is 8.47. The number of likely N-dealkylation sites (tertiary alicyclic amines) is 1. The van der Waals surface area contributed by atoms with Crippen molar-refractivity contribution in [3.63, 3.8) is 0 Å². The molecule has 2 saturated heterocycles. The molecule has 37 heavy (non-hydrogen) atoms. The van der Waals surface area contributed by atoms with Crippen LogP contribution in [0.15, 0.2) is 0 Å². The topological polar surface area (TPSA) is 84.9 Å². The summed E-state index contributed by atoms with van der Waals surface area (Å²) in [5.74, 6) is 0. The van der Waals surface area contributed by atoms with Gasteiger partial charge in [-0.05, 0) is 46.0 Å². The molecule has 0 aliphatic carbocycles. The highest BCUT2D eigenvalue weighted by molar-refractivity contribution is 7.59. The standard InChI is InChI=1S/C29H59N2O5P/c1-6-7-8-9-10-11-12-13-14-15-16-21-29(30(32)28(2,3)26-35-29)22-17-18-25-37(33,34)36-27-19-23-31(4,5)24-20-27/h27,33H,6-26H2,1-5H3/q+1. The van der Waals surface area contributed by atoms with Crippen molar-refractivity contribution in [2.24, 2.45) is 0 Å². The lowest BCUT2D eigenvalue weighted by Gasteiger charge is -2.48. The van der Waals surface area contributed by atoms with Crippen molar-refractivity contribution in [2.75, 3.05) is 40.0 Å². The predicted molar refractivity (Wildman–Crippen MR) is 154 cm³/mol. The Kier molecular flexibility index (Phi) is 14.3. The number of piperidine rings is 1. The molecular weight excluding hydrogens is 487 g/mol. The molecule has 0 aromatic rings. The molecule has 2 fully saturated rings. The first-order valence-electron chi connectivity index (χ1n) is 15.4. The summed E-state index contributed by atoms with van der Waals surface area (Å²) >= 11 is 0. The van der Waals surface area contributed by atoms with Gasteiger partial charge in [0.2, 0.25) is 0 Å². The highest BCUT2D eigenvalue weighted by Gasteiger charge is 2.47. The molecule has 7 nitrogen and oxygen atoms in total. The van der Waals surface area contributed by atoms with Gasteiger partial charge in [0.15, 0.2) is 0 Å². The van der Waals surface area contributed by atoms with Crippen LogP contribution in [-0.2, 0) is 14.2 Å². The van der Waals surface area contributed by atoms with Crippen LogP contribution in [0.3, 0.4) is 0 Å². The van der Waals surface area contributed by atoms with Gasteiger partial charge in [-0.15, -0.1) is 0 Å². The van der Waals surface area contributed by atoms with E-state index >= 15 is 0 Å². The van der Waals surface area contributed by atoms with Crippen LogP contribution in [0.25, 0.3) is 0 Å². The maximum atomic E-state index is 13.2. The van der Waals surface area contributed by atoms with Gasteiger partial charge in [-0.1, -0.05) is 71.1 Å². The highest BCUT2D eigenvalue weighted by Crippen LogP contribution is 2.55. The third kappa shape index (κ3) is 12.0. The van der Waals surface area contributed by atoms with Crippen molar-refractivity contribution in [3.05, 3.63) is 5.21 Å². The average molecular weight is 547 g/mol. The molecule has 0 spiro atoms. The number of nitrogens with zero attached hydrogens (tertiary/aromatic N) is 2. The predicted octanol–water partition coefficient (Wildman–Crippen LogP) is 7.60. The quantitative estimate of drug-likeness (QED) is 0.102. The average Bonchev–Trinajstić information content (AvgIpc) is 3.06. The van der Waals surface area contributed by atoms with Crippen LogP contribution in [0.1, 0.15) is 130 Å². The fourth-order valence-corrected chi connectivity index (χ4v) is 7.27. The normalized spacial score (nSPS) is 24.6. The minimum absolute atomic E-state index is 0.120. The van der Waals surface area contributed by atoms with Gasteiger partial charge in [0.1, 0.15) is 18.0 Å². The van der Waals surface area contributed by atoms with Gasteiger partial charge >= 0.3 is 7.94 Å². The van der Waals surface area contributed by atoms with Crippen LogP contribution in [0.5, 0.6) is 0 Å². The van der Waals surface area contributed by atoms with Gasteiger partial charge in [0.25, 0.3) is 0 Å². The Bertz CT molecular complexity index is 623. The lowest BCUT2D eigenvalue weighted by Crippen LogP contribution is -2.48. The summed E-state index contributed by atoms with van der Waals surface area (Å²) in [4.78, 5) is 23.1. The van der Waals surface area contributed by atoms with E-state index in [1.807, 2.05) is 13.8 Å². The molecule has 8 heteroatoms. The van der Waals surface area contributed by atoms with Gasteiger partial charge in [0.05, 0.1) is 33.8 Å². The molecule has 2 unspecified atom stereocenters. The number of hydrogen-bond acceptors (Lipinski definition) is 5. The zero-order valence-corrected chi connectivity index (χ0v) is 25.7. The van der Waals surface area contributed by atoms with E-state index in [1.165, 1.54) is 62.9 Å². The fourth-order valence-electron chi connectivity index (χ4n) is 5.86. The Morgan fingerprint density at radius 2 is 1.41 bits per heavy atom. The largest absolute Gasteiger partial charge is 0.783 e. The maximum Gasteiger partial charge on any atom is 0.453 e. The molecule has 219 valence electrons. The van der Waals surface area contributed by atoms with Crippen LogP contribution in [-0.4, -0.2) is 71.8 Å². The molecule has 1 radical (unpaired) electrons. The second kappa shape index (κ2) is 15.8. The van der Waals surface area contributed by atoms with Gasteiger partial charge in [0, 0.05) is 23.3 Å². The SMILES string of the molecule is CCCCCCCCCCCCCC1(CCCC[P+]([O])(O)OC2CC[N+](C)(C)CC2)OCC(C)(C)N1[O-]. The summed E-state index contributed by atoms with van der Waals surface area (Å²) in [6.07, 6.45) is 18.3. The van der Waals surface area contributed by atoms with E-state index < -0.39 is 19.2 Å². The third-order valence-corrected chi connectivity index (χ3v) is 9.98. The molecule has 0 saturated carbocycles.